The van der Waals surface area contributed by atoms with Crippen molar-refractivity contribution in [1.29, 1.82) is 0 Å². The zero-order valence-corrected chi connectivity index (χ0v) is 16.9. The van der Waals surface area contributed by atoms with Crippen molar-refractivity contribution in [2.45, 2.75) is 59.3 Å². The molecule has 2 heteroatoms. The Labute approximate surface area is 162 Å². The maximum Gasteiger partial charge on any atom is 0.124 e. The third-order valence-electron chi connectivity index (χ3n) is 7.56. The van der Waals surface area contributed by atoms with Gasteiger partial charge in [0.2, 0.25) is 0 Å². The highest BCUT2D eigenvalue weighted by Gasteiger charge is 2.63. The molecule has 0 amide bonds. The second-order valence-corrected chi connectivity index (χ2v) is 11.2. The number of hydrogen-bond donors (Lipinski definition) is 1. The van der Waals surface area contributed by atoms with Crippen molar-refractivity contribution in [3.05, 3.63) is 42.0 Å². The molecular formula is C25H31NO. The molecule has 0 unspecified atom stereocenters. The molecule has 2 aromatic rings. The van der Waals surface area contributed by atoms with E-state index in [0.717, 1.165) is 22.9 Å². The molecular weight excluding hydrogens is 330 g/mol. The van der Waals surface area contributed by atoms with E-state index in [2.05, 4.69) is 32.9 Å². The Morgan fingerprint density at radius 3 is 2.07 bits per heavy atom. The Bertz CT molecular complexity index is 889. The van der Waals surface area contributed by atoms with E-state index in [1.807, 2.05) is 24.4 Å². The van der Waals surface area contributed by atoms with Crippen molar-refractivity contribution in [2.75, 3.05) is 6.54 Å². The van der Waals surface area contributed by atoms with Gasteiger partial charge < -0.3 is 5.11 Å². The lowest BCUT2D eigenvalue weighted by molar-refractivity contribution is -0.179. The number of rotatable bonds is 3. The van der Waals surface area contributed by atoms with Crippen LogP contribution in [0.5, 0.6) is 5.75 Å². The molecule has 4 aliphatic carbocycles. The molecule has 0 aliphatic heterocycles. The van der Waals surface area contributed by atoms with Crippen molar-refractivity contribution in [3.8, 4) is 5.75 Å². The van der Waals surface area contributed by atoms with Gasteiger partial charge in [0.1, 0.15) is 5.75 Å². The summed E-state index contributed by atoms with van der Waals surface area (Å²) in [5, 5.41) is 12.6. The summed E-state index contributed by atoms with van der Waals surface area (Å²) < 4.78 is 0. The van der Waals surface area contributed by atoms with E-state index in [-0.39, 0.29) is 0 Å². The predicted molar refractivity (Wildman–Crippen MR) is 113 cm³/mol. The average molecular weight is 362 g/mol. The maximum atomic E-state index is 10.4. The Kier molecular flexibility index (Phi) is 3.44. The first-order chi connectivity index (χ1) is 12.7. The lowest BCUT2D eigenvalue weighted by atomic mass is 9.36. The highest BCUT2D eigenvalue weighted by Crippen LogP contribution is 2.73. The van der Waals surface area contributed by atoms with Crippen LogP contribution in [-0.2, 0) is 0 Å². The monoisotopic (exact) mass is 361 g/mol. The van der Waals surface area contributed by atoms with Crippen LogP contribution in [0.25, 0.3) is 10.8 Å². The second kappa shape index (κ2) is 5.37. The van der Waals surface area contributed by atoms with E-state index in [1.54, 1.807) is 6.07 Å². The standard InChI is InChI=1S/C25H31NO/c1-22-11-23(2)13-24(3,12-22)16-25(14-22,15-23)17-26-10-20-19-7-5-4-6-18(19)8-9-21(20)27/h4-10,27H,11-17H2,1-3H3. The minimum Gasteiger partial charge on any atom is -0.507 e. The van der Waals surface area contributed by atoms with Crippen LogP contribution in [0, 0.1) is 21.7 Å². The van der Waals surface area contributed by atoms with Crippen LogP contribution >= 0.6 is 0 Å². The molecule has 4 bridgehead atoms. The topological polar surface area (TPSA) is 32.6 Å². The average Bonchev–Trinajstić information content (AvgIpc) is 2.52. The molecule has 1 N–H and O–H groups in total. The summed E-state index contributed by atoms with van der Waals surface area (Å²) in [4.78, 5) is 4.95. The fourth-order valence-electron chi connectivity index (χ4n) is 8.48. The van der Waals surface area contributed by atoms with Gasteiger partial charge in [-0.25, -0.2) is 0 Å². The summed E-state index contributed by atoms with van der Waals surface area (Å²) in [6, 6.07) is 12.0. The molecule has 2 aromatic carbocycles. The first-order valence-electron chi connectivity index (χ1n) is 10.4. The quantitative estimate of drug-likeness (QED) is 0.635. The number of hydrogen-bond acceptors (Lipinski definition) is 2. The van der Waals surface area contributed by atoms with Gasteiger partial charge in [-0.2, -0.15) is 0 Å². The Balaban J connectivity index is 1.46. The van der Waals surface area contributed by atoms with E-state index in [4.69, 9.17) is 4.99 Å². The highest BCUT2D eigenvalue weighted by atomic mass is 16.3. The fraction of sp³-hybridized carbons (Fsp3) is 0.560. The Morgan fingerprint density at radius 1 is 0.852 bits per heavy atom. The minimum atomic E-state index is 0.328. The zero-order valence-electron chi connectivity index (χ0n) is 16.9. The van der Waals surface area contributed by atoms with Gasteiger partial charge in [0.15, 0.2) is 0 Å². The summed E-state index contributed by atoms with van der Waals surface area (Å²) in [6.07, 6.45) is 10.1. The van der Waals surface area contributed by atoms with Crippen LogP contribution in [-0.4, -0.2) is 17.9 Å². The smallest absolute Gasteiger partial charge is 0.124 e. The minimum absolute atomic E-state index is 0.328. The van der Waals surface area contributed by atoms with Crippen molar-refractivity contribution >= 4 is 17.0 Å². The van der Waals surface area contributed by atoms with Crippen LogP contribution in [0.3, 0.4) is 0 Å². The zero-order chi connectivity index (χ0) is 18.9. The molecule has 0 atom stereocenters. The second-order valence-electron chi connectivity index (χ2n) is 11.2. The molecule has 0 radical (unpaired) electrons. The molecule has 0 saturated heterocycles. The normalized spacial score (nSPS) is 40.3. The largest absolute Gasteiger partial charge is 0.507 e. The Morgan fingerprint density at radius 2 is 1.44 bits per heavy atom. The van der Waals surface area contributed by atoms with Gasteiger partial charge in [-0.15, -0.1) is 0 Å². The van der Waals surface area contributed by atoms with Crippen LogP contribution in [0.4, 0.5) is 0 Å². The molecule has 0 heterocycles. The van der Waals surface area contributed by atoms with E-state index < -0.39 is 0 Å². The van der Waals surface area contributed by atoms with Crippen LogP contribution in [0.15, 0.2) is 41.4 Å². The number of aliphatic imine (C=N–C) groups is 1. The molecule has 0 aromatic heterocycles. The Hall–Kier alpha value is -1.83. The molecule has 0 spiro atoms. The van der Waals surface area contributed by atoms with Crippen molar-refractivity contribution in [2.24, 2.45) is 26.7 Å². The number of benzene rings is 2. The third kappa shape index (κ3) is 2.80. The summed E-state index contributed by atoms with van der Waals surface area (Å²) in [6.45, 7) is 8.47. The van der Waals surface area contributed by atoms with Gasteiger partial charge in [0, 0.05) is 18.3 Å². The number of aromatic hydroxyl groups is 1. The van der Waals surface area contributed by atoms with Crippen molar-refractivity contribution < 1.29 is 5.11 Å². The molecule has 6 rings (SSSR count). The highest BCUT2D eigenvalue weighted by molar-refractivity contribution is 6.02. The molecule has 4 fully saturated rings. The van der Waals surface area contributed by atoms with Crippen molar-refractivity contribution in [3.63, 3.8) is 0 Å². The van der Waals surface area contributed by atoms with Gasteiger partial charge in [-0.05, 0) is 77.0 Å². The van der Waals surface area contributed by atoms with Gasteiger partial charge in [0.25, 0.3) is 0 Å². The number of phenolic OH excluding ortho intramolecular Hbond substituents is 1. The van der Waals surface area contributed by atoms with E-state index in [1.165, 1.54) is 38.5 Å². The van der Waals surface area contributed by atoms with Crippen LogP contribution < -0.4 is 0 Å². The van der Waals surface area contributed by atoms with Crippen molar-refractivity contribution in [1.82, 2.24) is 0 Å². The summed E-state index contributed by atoms with van der Waals surface area (Å²) in [5.41, 5.74) is 2.70. The molecule has 142 valence electrons. The third-order valence-corrected chi connectivity index (χ3v) is 7.56. The van der Waals surface area contributed by atoms with Gasteiger partial charge in [-0.1, -0.05) is 51.1 Å². The predicted octanol–water partition coefficient (Wildman–Crippen LogP) is 6.35. The number of nitrogens with zero attached hydrogens (tertiary/aromatic N) is 1. The lowest BCUT2D eigenvalue weighted by Crippen LogP contribution is -2.59. The van der Waals surface area contributed by atoms with E-state index in [9.17, 15) is 5.11 Å². The van der Waals surface area contributed by atoms with E-state index >= 15 is 0 Å². The maximum absolute atomic E-state index is 10.4. The van der Waals surface area contributed by atoms with Crippen LogP contribution in [0.1, 0.15) is 64.9 Å². The van der Waals surface area contributed by atoms with Gasteiger partial charge in [-0.3, -0.25) is 4.99 Å². The first-order valence-corrected chi connectivity index (χ1v) is 10.4. The molecule has 27 heavy (non-hydrogen) atoms. The number of fused-ring (bicyclic) bond motifs is 1. The first kappa shape index (κ1) is 17.3. The summed E-state index contributed by atoms with van der Waals surface area (Å²) in [5.74, 6) is 0.328. The van der Waals surface area contributed by atoms with Gasteiger partial charge in [0.05, 0.1) is 0 Å². The fourth-order valence-corrected chi connectivity index (χ4v) is 8.48. The van der Waals surface area contributed by atoms with E-state index in [0.29, 0.717) is 27.4 Å². The number of phenols is 1. The van der Waals surface area contributed by atoms with Gasteiger partial charge >= 0.3 is 0 Å². The molecule has 2 nitrogen and oxygen atoms in total. The molecule has 4 aliphatic rings. The summed E-state index contributed by atoms with van der Waals surface area (Å²) >= 11 is 0. The van der Waals surface area contributed by atoms with Crippen LogP contribution in [0.2, 0.25) is 0 Å². The molecule has 4 saturated carbocycles. The summed E-state index contributed by atoms with van der Waals surface area (Å²) in [7, 11) is 0. The SMILES string of the molecule is CC12CC3(C)CC(C)(C1)CC(CN=Cc1c(O)ccc4ccccc14)(C2)C3. The lowest BCUT2D eigenvalue weighted by Gasteiger charge is -2.69.